The quantitative estimate of drug-likeness (QED) is 0.797. The van der Waals surface area contributed by atoms with Crippen molar-refractivity contribution in [3.05, 3.63) is 23.9 Å². The maximum Gasteiger partial charge on any atom is 0.232 e. The Hall–Kier alpha value is -0.810. The van der Waals surface area contributed by atoms with Crippen molar-refractivity contribution < 1.29 is 8.42 Å². The molecule has 0 amide bonds. The summed E-state index contributed by atoms with van der Waals surface area (Å²) in [4.78, 5) is 6.63. The van der Waals surface area contributed by atoms with E-state index in [9.17, 15) is 8.42 Å². The zero-order valence-electron chi connectivity index (χ0n) is 10.2. The van der Waals surface area contributed by atoms with E-state index in [1.807, 2.05) is 12.1 Å². The lowest BCUT2D eigenvalue weighted by Gasteiger charge is -2.29. The van der Waals surface area contributed by atoms with Crippen LogP contribution in [0, 0.1) is 0 Å². The summed E-state index contributed by atoms with van der Waals surface area (Å²) < 4.78 is 22.0. The maximum absolute atomic E-state index is 11.0. The van der Waals surface area contributed by atoms with Gasteiger partial charge in [0.15, 0.2) is 0 Å². The zero-order valence-corrected chi connectivity index (χ0v) is 11.8. The van der Waals surface area contributed by atoms with Crippen molar-refractivity contribution in [3.63, 3.8) is 0 Å². The molecule has 100 valence electrons. The van der Waals surface area contributed by atoms with Crippen LogP contribution in [0.3, 0.4) is 0 Å². The molecule has 2 rings (SSSR count). The molecule has 1 aromatic heterocycles. The molecule has 0 spiro atoms. The highest BCUT2D eigenvalue weighted by Crippen LogP contribution is 2.22. The van der Waals surface area contributed by atoms with Crippen LogP contribution in [0.4, 0.5) is 5.82 Å². The Morgan fingerprint density at radius 2 is 2.00 bits per heavy atom. The van der Waals surface area contributed by atoms with E-state index in [1.165, 1.54) is 19.3 Å². The molecule has 0 bridgehead atoms. The van der Waals surface area contributed by atoms with Crippen LogP contribution in [0.25, 0.3) is 0 Å². The fraction of sp³-hybridized carbons (Fsp3) is 0.583. The van der Waals surface area contributed by atoms with Gasteiger partial charge in [-0.25, -0.2) is 13.4 Å². The third-order valence-corrected chi connectivity index (χ3v) is 4.29. The number of hydrogen-bond donors (Lipinski definition) is 0. The van der Waals surface area contributed by atoms with E-state index in [0.29, 0.717) is 6.42 Å². The van der Waals surface area contributed by atoms with Gasteiger partial charge in [-0.05, 0) is 37.3 Å². The molecule has 2 heterocycles. The molecular weight excluding hydrogens is 272 g/mol. The van der Waals surface area contributed by atoms with Crippen molar-refractivity contribution in [2.75, 3.05) is 23.7 Å². The van der Waals surface area contributed by atoms with Crippen LogP contribution in [0.1, 0.15) is 24.8 Å². The summed E-state index contributed by atoms with van der Waals surface area (Å²) >= 11 is 0. The number of nitrogens with zero attached hydrogens (tertiary/aromatic N) is 2. The molecule has 0 unspecified atom stereocenters. The van der Waals surface area contributed by atoms with Gasteiger partial charge < -0.3 is 4.90 Å². The average molecular weight is 289 g/mol. The lowest BCUT2D eigenvalue weighted by atomic mass is 10.1. The summed E-state index contributed by atoms with van der Waals surface area (Å²) in [5.41, 5.74) is 0.962. The summed E-state index contributed by atoms with van der Waals surface area (Å²) in [7, 11) is 1.82. The summed E-state index contributed by atoms with van der Waals surface area (Å²) in [5, 5.41) is 0. The van der Waals surface area contributed by atoms with Crippen LogP contribution in [-0.4, -0.2) is 32.2 Å². The number of aromatic nitrogens is 1. The lowest BCUT2D eigenvalue weighted by Crippen LogP contribution is -2.31. The predicted octanol–water partition coefficient (Wildman–Crippen LogP) is 2.18. The minimum Gasteiger partial charge on any atom is -0.356 e. The van der Waals surface area contributed by atoms with Crippen LogP contribution in [-0.2, 0) is 15.5 Å². The molecule has 0 aromatic carbocycles. The SMILES string of the molecule is O=S(=O)(Cl)CCc1cccnc1N1CCCCC1. The van der Waals surface area contributed by atoms with Crippen molar-refractivity contribution in [1.82, 2.24) is 4.98 Å². The number of halogens is 1. The van der Waals surface area contributed by atoms with Crippen LogP contribution in [0.5, 0.6) is 0 Å². The Bertz CT molecular complexity index is 499. The Labute approximate surface area is 112 Å². The first-order chi connectivity index (χ1) is 8.56. The first-order valence-electron chi connectivity index (χ1n) is 6.17. The highest BCUT2D eigenvalue weighted by atomic mass is 35.7. The van der Waals surface area contributed by atoms with Crippen molar-refractivity contribution in [1.29, 1.82) is 0 Å². The van der Waals surface area contributed by atoms with E-state index < -0.39 is 9.05 Å². The van der Waals surface area contributed by atoms with Gasteiger partial charge in [0.2, 0.25) is 9.05 Å². The van der Waals surface area contributed by atoms with Crippen molar-refractivity contribution in [2.45, 2.75) is 25.7 Å². The molecule has 1 aromatic rings. The molecule has 1 aliphatic heterocycles. The van der Waals surface area contributed by atoms with Gasteiger partial charge in [0, 0.05) is 30.0 Å². The van der Waals surface area contributed by atoms with Gasteiger partial charge >= 0.3 is 0 Å². The molecule has 1 saturated heterocycles. The molecule has 18 heavy (non-hydrogen) atoms. The highest BCUT2D eigenvalue weighted by molar-refractivity contribution is 8.13. The summed E-state index contributed by atoms with van der Waals surface area (Å²) in [5.74, 6) is 0.874. The summed E-state index contributed by atoms with van der Waals surface area (Å²) in [6.07, 6.45) is 5.77. The Morgan fingerprint density at radius 3 is 2.67 bits per heavy atom. The Balaban J connectivity index is 2.14. The Morgan fingerprint density at radius 1 is 1.28 bits per heavy atom. The topological polar surface area (TPSA) is 50.3 Å². The van der Waals surface area contributed by atoms with Crippen LogP contribution in [0.15, 0.2) is 18.3 Å². The molecule has 1 fully saturated rings. The molecular formula is C12H17ClN2O2S. The van der Waals surface area contributed by atoms with Gasteiger partial charge in [0.1, 0.15) is 5.82 Å². The van der Waals surface area contributed by atoms with Gasteiger partial charge in [0.05, 0.1) is 5.75 Å². The van der Waals surface area contributed by atoms with E-state index in [2.05, 4.69) is 9.88 Å². The molecule has 4 nitrogen and oxygen atoms in total. The molecule has 0 N–H and O–H groups in total. The highest BCUT2D eigenvalue weighted by Gasteiger charge is 2.16. The number of rotatable bonds is 4. The van der Waals surface area contributed by atoms with Crippen LogP contribution < -0.4 is 4.90 Å². The van der Waals surface area contributed by atoms with Gasteiger partial charge in [-0.1, -0.05) is 6.07 Å². The van der Waals surface area contributed by atoms with E-state index in [-0.39, 0.29) is 5.75 Å². The lowest BCUT2D eigenvalue weighted by molar-refractivity contribution is 0.571. The van der Waals surface area contributed by atoms with E-state index >= 15 is 0 Å². The third-order valence-electron chi connectivity index (χ3n) is 3.14. The van der Waals surface area contributed by atoms with Crippen molar-refractivity contribution in [3.8, 4) is 0 Å². The Kier molecular flexibility index (Phi) is 4.45. The molecule has 0 radical (unpaired) electrons. The molecule has 1 aliphatic rings. The van der Waals surface area contributed by atoms with Crippen LogP contribution in [0.2, 0.25) is 0 Å². The van der Waals surface area contributed by atoms with Crippen molar-refractivity contribution >= 4 is 25.6 Å². The van der Waals surface area contributed by atoms with Gasteiger partial charge in [-0.15, -0.1) is 0 Å². The minimum absolute atomic E-state index is 0.0406. The molecule has 0 saturated carbocycles. The van der Waals surface area contributed by atoms with E-state index in [1.54, 1.807) is 6.20 Å². The first kappa shape index (κ1) is 13.6. The zero-order chi connectivity index (χ0) is 13.0. The number of anilines is 1. The number of aryl methyl sites for hydroxylation is 1. The second-order valence-corrected chi connectivity index (χ2v) is 7.42. The molecule has 6 heteroatoms. The fourth-order valence-electron chi connectivity index (χ4n) is 2.25. The predicted molar refractivity (Wildman–Crippen MR) is 73.6 cm³/mol. The van der Waals surface area contributed by atoms with Gasteiger partial charge in [0.25, 0.3) is 0 Å². The summed E-state index contributed by atoms with van der Waals surface area (Å²) in [6.45, 7) is 2.00. The molecule has 0 aliphatic carbocycles. The van der Waals surface area contributed by atoms with Crippen molar-refractivity contribution in [2.24, 2.45) is 0 Å². The first-order valence-corrected chi connectivity index (χ1v) is 8.65. The van der Waals surface area contributed by atoms with E-state index in [0.717, 1.165) is 24.5 Å². The fourth-order valence-corrected chi connectivity index (χ4v) is 2.94. The third kappa shape index (κ3) is 3.85. The minimum atomic E-state index is -3.44. The van der Waals surface area contributed by atoms with E-state index in [4.69, 9.17) is 10.7 Å². The molecule has 0 atom stereocenters. The monoisotopic (exact) mass is 288 g/mol. The number of hydrogen-bond acceptors (Lipinski definition) is 4. The second kappa shape index (κ2) is 5.89. The summed E-state index contributed by atoms with van der Waals surface area (Å²) in [6, 6.07) is 3.77. The second-order valence-electron chi connectivity index (χ2n) is 4.53. The van der Waals surface area contributed by atoms with Gasteiger partial charge in [-0.2, -0.15) is 0 Å². The normalized spacial score (nSPS) is 16.8. The number of pyridine rings is 1. The average Bonchev–Trinajstić information content (AvgIpc) is 2.37. The van der Waals surface area contributed by atoms with Gasteiger partial charge in [-0.3, -0.25) is 0 Å². The smallest absolute Gasteiger partial charge is 0.232 e. The van der Waals surface area contributed by atoms with Crippen LogP contribution >= 0.6 is 10.7 Å². The largest absolute Gasteiger partial charge is 0.356 e. The maximum atomic E-state index is 11.0. The standard InChI is InChI=1S/C12H17ClN2O2S/c13-18(16,17)10-6-11-5-4-7-14-12(11)15-8-2-1-3-9-15/h4-5,7H,1-3,6,8-10H2. The number of piperidine rings is 1.